The minimum absolute atomic E-state index is 0.214. The Bertz CT molecular complexity index is 1130. The third-order valence-corrected chi connectivity index (χ3v) is 5.22. The van der Waals surface area contributed by atoms with Crippen LogP contribution in [0.2, 0.25) is 0 Å². The van der Waals surface area contributed by atoms with Crippen molar-refractivity contribution in [1.29, 1.82) is 0 Å². The molecule has 0 unspecified atom stereocenters. The second kappa shape index (κ2) is 10.8. The number of nitrogens with one attached hydrogen (secondary N) is 2. The van der Waals surface area contributed by atoms with E-state index < -0.39 is 39.7 Å². The Balaban J connectivity index is 2.13. The van der Waals surface area contributed by atoms with Crippen molar-refractivity contribution in [1.82, 2.24) is 10.3 Å². The third-order valence-electron chi connectivity index (χ3n) is 4.63. The predicted molar refractivity (Wildman–Crippen MR) is 118 cm³/mol. The van der Waals surface area contributed by atoms with Crippen molar-refractivity contribution >= 4 is 27.7 Å². The molecule has 11 heteroatoms. The van der Waals surface area contributed by atoms with Gasteiger partial charge in [0.2, 0.25) is 15.9 Å². The van der Waals surface area contributed by atoms with Crippen LogP contribution in [0.4, 0.5) is 23.2 Å². The number of rotatable bonds is 9. The van der Waals surface area contributed by atoms with Crippen molar-refractivity contribution in [3.8, 4) is 0 Å². The van der Waals surface area contributed by atoms with Crippen LogP contribution in [-0.4, -0.2) is 25.6 Å². The van der Waals surface area contributed by atoms with Gasteiger partial charge in [0, 0.05) is 11.8 Å². The summed E-state index contributed by atoms with van der Waals surface area (Å²) in [5.74, 6) is -1.34. The Morgan fingerprint density at radius 2 is 1.91 bits per heavy atom. The minimum atomic E-state index is -4.56. The molecule has 0 bridgehead atoms. The topological polar surface area (TPSA) is 88.2 Å². The summed E-state index contributed by atoms with van der Waals surface area (Å²) in [6.07, 6.45) is 0.659. The Morgan fingerprint density at radius 1 is 1.21 bits per heavy atom. The maximum absolute atomic E-state index is 14.2. The first-order chi connectivity index (χ1) is 15.3. The maximum Gasteiger partial charge on any atom is 0.433 e. The second-order valence-corrected chi connectivity index (χ2v) is 9.26. The summed E-state index contributed by atoms with van der Waals surface area (Å²) < 4.78 is 77.6. The van der Waals surface area contributed by atoms with E-state index in [2.05, 4.69) is 15.0 Å². The number of aryl methyl sites for hydroxylation is 1. The lowest BCUT2D eigenvalue weighted by molar-refractivity contribution is -0.141. The van der Waals surface area contributed by atoms with Crippen LogP contribution >= 0.6 is 0 Å². The number of carbonyl (C=O) groups excluding carboxylic acids is 1. The van der Waals surface area contributed by atoms with Crippen molar-refractivity contribution < 1.29 is 30.8 Å². The molecule has 0 aliphatic rings. The monoisotopic (exact) mass is 487 g/mol. The highest BCUT2D eigenvalue weighted by molar-refractivity contribution is 7.92. The third kappa shape index (κ3) is 8.16. The highest BCUT2D eigenvalue weighted by Gasteiger charge is 2.32. The fraction of sp³-hybridized carbons (Fsp3) is 0.364. The van der Waals surface area contributed by atoms with E-state index >= 15 is 0 Å². The van der Waals surface area contributed by atoms with Gasteiger partial charge in [-0.3, -0.25) is 9.52 Å². The van der Waals surface area contributed by atoms with Gasteiger partial charge in [0.05, 0.1) is 18.0 Å². The molecule has 6 nitrogen and oxygen atoms in total. The Labute approximate surface area is 190 Å². The molecule has 1 heterocycles. The van der Waals surface area contributed by atoms with Crippen molar-refractivity contribution in [3.05, 3.63) is 64.7 Å². The number of unbranched alkanes of at least 4 members (excludes halogenated alkanes) is 1. The number of carbonyl (C=O) groups is 1. The first-order valence-electron chi connectivity index (χ1n) is 10.1. The molecule has 0 saturated heterocycles. The van der Waals surface area contributed by atoms with Gasteiger partial charge in [-0.15, -0.1) is 0 Å². The van der Waals surface area contributed by atoms with Gasteiger partial charge in [-0.2, -0.15) is 13.2 Å². The Hall–Kier alpha value is -2.95. The Kier molecular flexibility index (Phi) is 8.59. The lowest BCUT2D eigenvalue weighted by Crippen LogP contribution is -2.24. The van der Waals surface area contributed by atoms with Crippen LogP contribution in [0.15, 0.2) is 36.4 Å². The van der Waals surface area contributed by atoms with Gasteiger partial charge >= 0.3 is 6.18 Å². The van der Waals surface area contributed by atoms with E-state index in [-0.39, 0.29) is 11.4 Å². The second-order valence-electron chi connectivity index (χ2n) is 7.51. The lowest BCUT2D eigenvalue weighted by atomic mass is 10.1. The molecule has 33 heavy (non-hydrogen) atoms. The van der Waals surface area contributed by atoms with Crippen LogP contribution in [0.3, 0.4) is 0 Å². The zero-order valence-corrected chi connectivity index (χ0v) is 19.1. The highest BCUT2D eigenvalue weighted by Crippen LogP contribution is 2.29. The number of aromatic nitrogens is 1. The number of pyridine rings is 1. The van der Waals surface area contributed by atoms with E-state index in [0.29, 0.717) is 24.0 Å². The summed E-state index contributed by atoms with van der Waals surface area (Å²) in [7, 11) is -3.64. The summed E-state index contributed by atoms with van der Waals surface area (Å²) >= 11 is 0. The van der Waals surface area contributed by atoms with Crippen molar-refractivity contribution in [2.45, 2.75) is 45.3 Å². The smallest absolute Gasteiger partial charge is 0.346 e. The number of benzene rings is 1. The number of anilines is 1. The molecule has 0 radical (unpaired) electrons. The molecule has 1 atom stereocenters. The predicted octanol–water partition coefficient (Wildman–Crippen LogP) is 4.84. The first kappa shape index (κ1) is 26.3. The van der Waals surface area contributed by atoms with Gasteiger partial charge < -0.3 is 5.32 Å². The highest BCUT2D eigenvalue weighted by atomic mass is 32.2. The number of nitrogens with zero attached hydrogens (tertiary/aromatic N) is 1. The SMILES string of the molecule is CCCCc1nc(C(F)(F)F)ccc1/C=C/C(=O)N[C@H](C)c1ccc(NS(C)(=O)=O)c(F)c1. The van der Waals surface area contributed by atoms with Crippen molar-refractivity contribution in [3.63, 3.8) is 0 Å². The molecule has 2 aromatic rings. The molecule has 0 aliphatic carbocycles. The fourth-order valence-electron chi connectivity index (χ4n) is 2.96. The summed E-state index contributed by atoms with van der Waals surface area (Å²) in [4.78, 5) is 16.0. The minimum Gasteiger partial charge on any atom is -0.346 e. The van der Waals surface area contributed by atoms with E-state index in [0.717, 1.165) is 24.8 Å². The van der Waals surface area contributed by atoms with Gasteiger partial charge in [-0.05, 0) is 55.2 Å². The largest absolute Gasteiger partial charge is 0.433 e. The van der Waals surface area contributed by atoms with E-state index in [1.165, 1.54) is 30.4 Å². The van der Waals surface area contributed by atoms with Crippen LogP contribution in [0.25, 0.3) is 6.08 Å². The molecule has 2 rings (SSSR count). The molecule has 180 valence electrons. The lowest BCUT2D eigenvalue weighted by Gasteiger charge is -2.15. The quantitative estimate of drug-likeness (QED) is 0.391. The molecule has 0 fully saturated rings. The van der Waals surface area contributed by atoms with E-state index in [9.17, 15) is 30.8 Å². The van der Waals surface area contributed by atoms with Crippen LogP contribution in [0, 0.1) is 5.82 Å². The molecule has 1 aromatic heterocycles. The Morgan fingerprint density at radius 3 is 2.48 bits per heavy atom. The van der Waals surface area contributed by atoms with Gasteiger partial charge in [-0.25, -0.2) is 17.8 Å². The number of hydrogen-bond acceptors (Lipinski definition) is 4. The molecular weight excluding hydrogens is 462 g/mol. The average molecular weight is 488 g/mol. The molecule has 0 saturated carbocycles. The summed E-state index contributed by atoms with van der Waals surface area (Å²) in [5.41, 5.74) is -0.150. The first-order valence-corrected chi connectivity index (χ1v) is 12.0. The average Bonchev–Trinajstić information content (AvgIpc) is 2.70. The van der Waals surface area contributed by atoms with Crippen molar-refractivity contribution in [2.24, 2.45) is 0 Å². The fourth-order valence-corrected chi connectivity index (χ4v) is 3.52. The molecule has 2 N–H and O–H groups in total. The van der Waals surface area contributed by atoms with Gasteiger partial charge in [-0.1, -0.05) is 25.5 Å². The zero-order valence-electron chi connectivity index (χ0n) is 18.3. The number of halogens is 4. The summed E-state index contributed by atoms with van der Waals surface area (Å²) in [5, 5.41) is 2.63. The van der Waals surface area contributed by atoms with E-state index in [1.54, 1.807) is 6.92 Å². The zero-order chi connectivity index (χ0) is 24.8. The number of hydrogen-bond donors (Lipinski definition) is 2. The molecule has 0 spiro atoms. The summed E-state index contributed by atoms with van der Waals surface area (Å²) in [6.45, 7) is 3.51. The van der Waals surface area contributed by atoms with Crippen LogP contribution in [0.1, 0.15) is 55.2 Å². The molecular formula is C22H25F4N3O3S. The van der Waals surface area contributed by atoms with Gasteiger partial charge in [0.25, 0.3) is 0 Å². The van der Waals surface area contributed by atoms with E-state index in [4.69, 9.17) is 0 Å². The van der Waals surface area contributed by atoms with Gasteiger partial charge in [0.15, 0.2) is 0 Å². The maximum atomic E-state index is 14.2. The van der Waals surface area contributed by atoms with Crippen molar-refractivity contribution in [2.75, 3.05) is 11.0 Å². The number of amides is 1. The number of sulfonamides is 1. The van der Waals surface area contributed by atoms with Gasteiger partial charge in [0.1, 0.15) is 11.5 Å². The standard InChI is InChI=1S/C22H25F4N3O3S/c1-4-5-6-18-15(8-11-20(28-18)22(24,25)26)9-12-21(30)27-14(2)16-7-10-19(17(23)13-16)29-33(3,31)32/h7-14,29H,4-6H2,1-3H3,(H,27,30)/b12-9+/t14-/m1/s1. The molecule has 0 aliphatic heterocycles. The van der Waals surface area contributed by atoms with Crippen LogP contribution in [0.5, 0.6) is 0 Å². The molecule has 1 aromatic carbocycles. The number of alkyl halides is 3. The summed E-state index contributed by atoms with van der Waals surface area (Å²) in [6, 6.07) is 5.34. The van der Waals surface area contributed by atoms with Crippen LogP contribution < -0.4 is 10.0 Å². The van der Waals surface area contributed by atoms with Crippen LogP contribution in [-0.2, 0) is 27.4 Å². The molecule has 1 amide bonds. The van der Waals surface area contributed by atoms with E-state index in [1.807, 2.05) is 6.92 Å². The normalized spacial score (nSPS) is 13.2.